The summed E-state index contributed by atoms with van der Waals surface area (Å²) in [5.74, 6) is 5.45. The Balaban J connectivity index is 2.33. The molecule has 0 bridgehead atoms. The summed E-state index contributed by atoms with van der Waals surface area (Å²) in [6.45, 7) is 1.71. The largest absolute Gasteiger partial charge is 0.384 e. The maximum atomic E-state index is 8.53. The van der Waals surface area contributed by atoms with Gasteiger partial charge in [-0.1, -0.05) is 11.8 Å². The van der Waals surface area contributed by atoms with Crippen molar-refractivity contribution in [3.63, 3.8) is 0 Å². The Morgan fingerprint density at radius 3 is 3.07 bits per heavy atom. The first-order chi connectivity index (χ1) is 7.36. The van der Waals surface area contributed by atoms with Gasteiger partial charge in [-0.05, 0) is 6.07 Å². The van der Waals surface area contributed by atoms with Crippen LogP contribution < -0.4 is 0 Å². The van der Waals surface area contributed by atoms with Gasteiger partial charge in [0.2, 0.25) is 0 Å². The zero-order valence-corrected chi connectivity index (χ0v) is 9.47. The molecular formula is C11H14O3S. The molecule has 3 nitrogen and oxygen atoms in total. The van der Waals surface area contributed by atoms with Crippen LogP contribution in [-0.4, -0.2) is 32.0 Å². The lowest BCUT2D eigenvalue weighted by Crippen LogP contribution is -2.00. The van der Waals surface area contributed by atoms with E-state index in [1.807, 2.05) is 11.4 Å². The number of hydrogen-bond acceptors (Lipinski definition) is 4. The fraction of sp³-hybridized carbons (Fsp3) is 0.455. The Kier molecular flexibility index (Phi) is 6.05. The number of thiophene rings is 1. The third kappa shape index (κ3) is 4.96. The summed E-state index contributed by atoms with van der Waals surface area (Å²) < 4.78 is 10.2. The van der Waals surface area contributed by atoms with Crippen molar-refractivity contribution in [1.29, 1.82) is 0 Å². The molecule has 0 saturated carbocycles. The maximum absolute atomic E-state index is 8.53. The number of aliphatic hydroxyl groups excluding tert-OH is 1. The molecule has 0 aliphatic heterocycles. The van der Waals surface area contributed by atoms with E-state index in [-0.39, 0.29) is 6.61 Å². The molecule has 0 atom stereocenters. The molecule has 1 aromatic heterocycles. The molecule has 0 aromatic carbocycles. The first-order valence-electron chi connectivity index (χ1n) is 4.60. The number of rotatable bonds is 5. The highest BCUT2D eigenvalue weighted by Crippen LogP contribution is 2.14. The van der Waals surface area contributed by atoms with Crippen LogP contribution in [0.3, 0.4) is 0 Å². The van der Waals surface area contributed by atoms with Crippen LogP contribution >= 0.6 is 11.3 Å². The maximum Gasteiger partial charge on any atom is 0.104 e. The highest BCUT2D eigenvalue weighted by molar-refractivity contribution is 7.10. The van der Waals surface area contributed by atoms with Crippen LogP contribution in [0, 0.1) is 11.8 Å². The average molecular weight is 226 g/mol. The fourth-order valence-electron chi connectivity index (χ4n) is 0.978. The van der Waals surface area contributed by atoms with Gasteiger partial charge in [0, 0.05) is 22.9 Å². The van der Waals surface area contributed by atoms with Gasteiger partial charge in [-0.3, -0.25) is 0 Å². The fourth-order valence-corrected chi connectivity index (χ4v) is 1.73. The third-order valence-electron chi connectivity index (χ3n) is 1.64. The van der Waals surface area contributed by atoms with E-state index in [1.54, 1.807) is 18.4 Å². The van der Waals surface area contributed by atoms with Crippen molar-refractivity contribution in [3.8, 4) is 11.8 Å². The molecule has 15 heavy (non-hydrogen) atoms. The lowest BCUT2D eigenvalue weighted by Gasteiger charge is -1.99. The topological polar surface area (TPSA) is 38.7 Å². The zero-order chi connectivity index (χ0) is 10.9. The quantitative estimate of drug-likeness (QED) is 0.606. The van der Waals surface area contributed by atoms with E-state index in [2.05, 4.69) is 11.8 Å². The van der Waals surface area contributed by atoms with E-state index in [4.69, 9.17) is 14.6 Å². The minimum Gasteiger partial charge on any atom is -0.384 e. The third-order valence-corrected chi connectivity index (χ3v) is 2.55. The summed E-state index contributed by atoms with van der Waals surface area (Å²) in [6, 6.07) is 1.97. The van der Waals surface area contributed by atoms with Gasteiger partial charge in [-0.2, -0.15) is 0 Å². The van der Waals surface area contributed by atoms with Crippen molar-refractivity contribution in [1.82, 2.24) is 0 Å². The first kappa shape index (κ1) is 12.2. The molecule has 0 fully saturated rings. The zero-order valence-electron chi connectivity index (χ0n) is 8.66. The van der Waals surface area contributed by atoms with Gasteiger partial charge in [0.1, 0.15) is 6.61 Å². The van der Waals surface area contributed by atoms with E-state index in [0.29, 0.717) is 19.8 Å². The van der Waals surface area contributed by atoms with Gasteiger partial charge >= 0.3 is 0 Å². The second-order valence-corrected chi connectivity index (χ2v) is 3.80. The Morgan fingerprint density at radius 2 is 2.33 bits per heavy atom. The van der Waals surface area contributed by atoms with Gasteiger partial charge in [0.15, 0.2) is 0 Å². The van der Waals surface area contributed by atoms with Gasteiger partial charge in [-0.15, -0.1) is 11.3 Å². The van der Waals surface area contributed by atoms with Crippen LogP contribution in [0.1, 0.15) is 10.4 Å². The summed E-state index contributed by atoms with van der Waals surface area (Å²) in [5.41, 5.74) is 0.930. The molecule has 1 N–H and O–H groups in total. The van der Waals surface area contributed by atoms with Crippen molar-refractivity contribution < 1.29 is 14.6 Å². The summed E-state index contributed by atoms with van der Waals surface area (Å²) >= 11 is 1.61. The molecule has 4 heteroatoms. The van der Waals surface area contributed by atoms with Crippen molar-refractivity contribution in [2.24, 2.45) is 0 Å². The first-order valence-corrected chi connectivity index (χ1v) is 5.48. The Hall–Kier alpha value is -0.860. The summed E-state index contributed by atoms with van der Waals surface area (Å²) in [6.07, 6.45) is 0. The van der Waals surface area contributed by atoms with E-state index < -0.39 is 0 Å². The monoisotopic (exact) mass is 226 g/mol. The molecular weight excluding hydrogens is 212 g/mol. The van der Waals surface area contributed by atoms with Crippen LogP contribution in [0.5, 0.6) is 0 Å². The normalized spacial score (nSPS) is 9.73. The van der Waals surface area contributed by atoms with Crippen molar-refractivity contribution in [2.75, 3.05) is 26.9 Å². The number of aliphatic hydroxyl groups is 1. The van der Waals surface area contributed by atoms with Crippen molar-refractivity contribution in [2.45, 2.75) is 6.61 Å². The Bertz CT molecular complexity index is 335. The average Bonchev–Trinajstić information content (AvgIpc) is 2.69. The molecule has 0 saturated heterocycles. The lowest BCUT2D eigenvalue weighted by atomic mass is 10.3. The van der Waals surface area contributed by atoms with E-state index >= 15 is 0 Å². The number of hydrogen-bond donors (Lipinski definition) is 1. The molecule has 0 amide bonds. The minimum atomic E-state index is -0.102. The second-order valence-electron chi connectivity index (χ2n) is 2.81. The smallest absolute Gasteiger partial charge is 0.104 e. The molecule has 1 rings (SSSR count). The minimum absolute atomic E-state index is 0.102. The highest BCUT2D eigenvalue weighted by atomic mass is 32.1. The van der Waals surface area contributed by atoms with Crippen LogP contribution in [0.15, 0.2) is 11.4 Å². The predicted octanol–water partition coefficient (Wildman–Crippen LogP) is 1.25. The van der Waals surface area contributed by atoms with Crippen molar-refractivity contribution in [3.05, 3.63) is 21.9 Å². The molecule has 0 unspecified atom stereocenters. The van der Waals surface area contributed by atoms with E-state index in [0.717, 1.165) is 10.4 Å². The summed E-state index contributed by atoms with van der Waals surface area (Å²) in [7, 11) is 1.65. The molecule has 0 radical (unpaired) electrons. The van der Waals surface area contributed by atoms with Gasteiger partial charge in [0.05, 0.1) is 19.8 Å². The van der Waals surface area contributed by atoms with Crippen LogP contribution in [0.25, 0.3) is 0 Å². The molecule has 0 spiro atoms. The Labute approximate surface area is 93.6 Å². The molecule has 0 aliphatic rings. The van der Waals surface area contributed by atoms with E-state index in [9.17, 15) is 0 Å². The lowest BCUT2D eigenvalue weighted by molar-refractivity contribution is 0.0628. The standard InChI is InChI=1S/C11H14O3S/c1-13-5-6-14-8-11-7-10(9-15-11)3-2-4-12/h7,9,12H,4-6,8H2,1H3. The number of ether oxygens (including phenoxy) is 2. The summed E-state index contributed by atoms with van der Waals surface area (Å²) in [4.78, 5) is 1.13. The molecule has 1 aromatic rings. The molecule has 82 valence electrons. The van der Waals surface area contributed by atoms with Crippen LogP contribution in [-0.2, 0) is 16.1 Å². The van der Waals surface area contributed by atoms with Gasteiger partial charge in [-0.25, -0.2) is 0 Å². The van der Waals surface area contributed by atoms with Crippen LogP contribution in [0.4, 0.5) is 0 Å². The van der Waals surface area contributed by atoms with Gasteiger partial charge < -0.3 is 14.6 Å². The van der Waals surface area contributed by atoms with E-state index in [1.165, 1.54) is 0 Å². The van der Waals surface area contributed by atoms with Crippen LogP contribution in [0.2, 0.25) is 0 Å². The predicted molar refractivity (Wildman–Crippen MR) is 59.8 cm³/mol. The number of methoxy groups -OCH3 is 1. The summed E-state index contributed by atoms with van der Waals surface area (Å²) in [5, 5.41) is 10.5. The van der Waals surface area contributed by atoms with Crippen molar-refractivity contribution >= 4 is 11.3 Å². The molecule has 1 heterocycles. The second kappa shape index (κ2) is 7.43. The highest BCUT2D eigenvalue weighted by Gasteiger charge is 1.97. The Morgan fingerprint density at radius 1 is 1.47 bits per heavy atom. The van der Waals surface area contributed by atoms with Gasteiger partial charge in [0.25, 0.3) is 0 Å². The SMILES string of the molecule is COCCOCc1cc(C#CCO)cs1. The molecule has 0 aliphatic carbocycles.